The van der Waals surface area contributed by atoms with Crippen molar-refractivity contribution >= 4 is 0 Å². The highest BCUT2D eigenvalue weighted by Crippen LogP contribution is 2.42. The van der Waals surface area contributed by atoms with Crippen molar-refractivity contribution in [3.05, 3.63) is 0 Å². The summed E-state index contributed by atoms with van der Waals surface area (Å²) in [5.74, 6) is -2.29. The van der Waals surface area contributed by atoms with Crippen molar-refractivity contribution in [1.29, 1.82) is 5.26 Å². The summed E-state index contributed by atoms with van der Waals surface area (Å²) in [6.07, 6.45) is 4.74. The van der Waals surface area contributed by atoms with E-state index in [-0.39, 0.29) is 0 Å². The Morgan fingerprint density at radius 3 is 2.35 bits per heavy atom. The maximum Gasteiger partial charge on any atom is 0.276 e. The Morgan fingerprint density at radius 2 is 1.90 bits per heavy atom. The first-order valence-corrected chi connectivity index (χ1v) is 7.54. The SMILES string of the molecule is CCOC1(C(C)(F)F)CN(C2CCC(CC#N)CC2)C1. The van der Waals surface area contributed by atoms with E-state index >= 15 is 0 Å². The number of hydrogen-bond donors (Lipinski definition) is 0. The number of nitrogens with zero attached hydrogens (tertiary/aromatic N) is 2. The molecule has 0 aromatic heterocycles. The lowest BCUT2D eigenvalue weighted by Crippen LogP contribution is -2.72. The first kappa shape index (κ1) is 15.7. The molecular weight excluding hydrogens is 262 g/mol. The molecule has 2 fully saturated rings. The van der Waals surface area contributed by atoms with E-state index in [1.165, 1.54) is 0 Å². The number of nitriles is 1. The van der Waals surface area contributed by atoms with Crippen molar-refractivity contribution in [2.24, 2.45) is 5.92 Å². The van der Waals surface area contributed by atoms with Crippen LogP contribution in [0.3, 0.4) is 0 Å². The van der Waals surface area contributed by atoms with Crippen molar-refractivity contribution in [1.82, 2.24) is 4.90 Å². The van der Waals surface area contributed by atoms with E-state index < -0.39 is 11.5 Å². The zero-order chi connectivity index (χ0) is 14.8. The van der Waals surface area contributed by atoms with E-state index in [2.05, 4.69) is 11.0 Å². The fourth-order valence-electron chi connectivity index (χ4n) is 3.48. The summed E-state index contributed by atoms with van der Waals surface area (Å²) >= 11 is 0. The van der Waals surface area contributed by atoms with Gasteiger partial charge in [-0.25, -0.2) is 8.78 Å². The molecule has 0 radical (unpaired) electrons. The second-order valence-electron chi connectivity index (χ2n) is 6.26. The number of alkyl halides is 2. The Hall–Kier alpha value is -0.730. The molecule has 114 valence electrons. The summed E-state index contributed by atoms with van der Waals surface area (Å²) in [5.41, 5.74) is -1.29. The Balaban J connectivity index is 1.85. The van der Waals surface area contributed by atoms with E-state index in [1.54, 1.807) is 6.92 Å². The van der Waals surface area contributed by atoms with Crippen LogP contribution < -0.4 is 0 Å². The van der Waals surface area contributed by atoms with Gasteiger partial charge in [0.05, 0.1) is 6.07 Å². The van der Waals surface area contributed by atoms with E-state index in [4.69, 9.17) is 10.00 Å². The van der Waals surface area contributed by atoms with Gasteiger partial charge in [0.25, 0.3) is 5.92 Å². The first-order chi connectivity index (χ1) is 9.42. The minimum absolute atomic E-state index is 0.326. The monoisotopic (exact) mass is 286 g/mol. The third-order valence-electron chi connectivity index (χ3n) is 4.85. The fourth-order valence-corrected chi connectivity index (χ4v) is 3.48. The largest absolute Gasteiger partial charge is 0.366 e. The number of hydrogen-bond acceptors (Lipinski definition) is 3. The fraction of sp³-hybridized carbons (Fsp3) is 0.933. The Kier molecular flexibility index (Phi) is 4.66. The highest BCUT2D eigenvalue weighted by Gasteiger charge is 2.59. The molecule has 0 spiro atoms. The number of rotatable bonds is 5. The van der Waals surface area contributed by atoms with Gasteiger partial charge in [-0.1, -0.05) is 0 Å². The molecule has 2 aliphatic rings. The number of likely N-dealkylation sites (tertiary alicyclic amines) is 1. The molecule has 3 nitrogen and oxygen atoms in total. The van der Waals surface area contributed by atoms with Crippen molar-refractivity contribution in [2.75, 3.05) is 19.7 Å². The molecule has 0 unspecified atom stereocenters. The molecule has 1 saturated carbocycles. The molecule has 0 amide bonds. The molecular formula is C15H24F2N2O. The van der Waals surface area contributed by atoms with Gasteiger partial charge < -0.3 is 4.74 Å². The van der Waals surface area contributed by atoms with Gasteiger partial charge in [0.2, 0.25) is 0 Å². The minimum Gasteiger partial charge on any atom is -0.366 e. The molecule has 1 saturated heterocycles. The van der Waals surface area contributed by atoms with E-state index in [1.807, 2.05) is 0 Å². The van der Waals surface area contributed by atoms with Crippen LogP contribution in [-0.4, -0.2) is 42.2 Å². The van der Waals surface area contributed by atoms with Crippen LogP contribution in [0.5, 0.6) is 0 Å². The van der Waals surface area contributed by atoms with Crippen LogP contribution in [0, 0.1) is 17.2 Å². The summed E-state index contributed by atoms with van der Waals surface area (Å²) in [4.78, 5) is 2.13. The Morgan fingerprint density at radius 1 is 1.30 bits per heavy atom. The lowest BCUT2D eigenvalue weighted by Gasteiger charge is -2.55. The van der Waals surface area contributed by atoms with Crippen molar-refractivity contribution in [2.45, 2.75) is 63.5 Å². The molecule has 0 bridgehead atoms. The summed E-state index contributed by atoms with van der Waals surface area (Å²) in [7, 11) is 0. The quantitative estimate of drug-likeness (QED) is 0.778. The van der Waals surface area contributed by atoms with Crippen molar-refractivity contribution in [3.8, 4) is 6.07 Å². The number of ether oxygens (including phenoxy) is 1. The van der Waals surface area contributed by atoms with E-state index in [0.717, 1.165) is 32.6 Å². The Bertz CT molecular complexity index is 361. The van der Waals surface area contributed by atoms with Gasteiger partial charge in [-0.3, -0.25) is 4.90 Å². The molecule has 20 heavy (non-hydrogen) atoms. The van der Waals surface area contributed by atoms with Gasteiger partial charge in [-0.15, -0.1) is 0 Å². The van der Waals surface area contributed by atoms with Crippen LogP contribution in [0.4, 0.5) is 8.78 Å². The van der Waals surface area contributed by atoms with Crippen LogP contribution >= 0.6 is 0 Å². The zero-order valence-corrected chi connectivity index (χ0v) is 12.4. The molecule has 5 heteroatoms. The van der Waals surface area contributed by atoms with Gasteiger partial charge in [0.15, 0.2) is 5.60 Å². The number of halogens is 2. The molecule has 0 N–H and O–H groups in total. The predicted molar refractivity (Wildman–Crippen MR) is 72.5 cm³/mol. The highest BCUT2D eigenvalue weighted by atomic mass is 19.3. The maximum atomic E-state index is 13.7. The van der Waals surface area contributed by atoms with Gasteiger partial charge in [-0.2, -0.15) is 5.26 Å². The van der Waals surface area contributed by atoms with E-state index in [9.17, 15) is 8.78 Å². The smallest absolute Gasteiger partial charge is 0.276 e. The van der Waals surface area contributed by atoms with Crippen molar-refractivity contribution in [3.63, 3.8) is 0 Å². The minimum atomic E-state index is -2.79. The molecule has 1 heterocycles. The van der Waals surface area contributed by atoms with Gasteiger partial charge in [-0.05, 0) is 38.5 Å². The van der Waals surface area contributed by atoms with E-state index in [0.29, 0.717) is 38.1 Å². The maximum absolute atomic E-state index is 13.7. The summed E-state index contributed by atoms with van der Waals surface area (Å²) in [5, 5.41) is 8.71. The van der Waals surface area contributed by atoms with Crippen molar-refractivity contribution < 1.29 is 13.5 Å². The first-order valence-electron chi connectivity index (χ1n) is 7.54. The van der Waals surface area contributed by atoms with Crippen LogP contribution in [0.15, 0.2) is 0 Å². The standard InChI is InChI=1S/C15H24F2N2O/c1-3-20-15(14(2,16)17)10-19(11-15)13-6-4-12(5-7-13)8-9-18/h12-13H,3-8,10-11H2,1-2H3. The Labute approximate surface area is 119 Å². The normalized spacial score (nSPS) is 30.6. The molecule has 1 aliphatic carbocycles. The summed E-state index contributed by atoms with van der Waals surface area (Å²) in [6, 6.07) is 2.62. The lowest BCUT2D eigenvalue weighted by atomic mass is 9.79. The van der Waals surface area contributed by atoms with Gasteiger partial charge >= 0.3 is 0 Å². The van der Waals surface area contributed by atoms with Crippen LogP contribution in [-0.2, 0) is 4.74 Å². The molecule has 0 atom stereocenters. The average molecular weight is 286 g/mol. The molecule has 2 rings (SSSR count). The highest BCUT2D eigenvalue weighted by molar-refractivity contribution is 5.07. The van der Waals surface area contributed by atoms with Crippen LogP contribution in [0.25, 0.3) is 0 Å². The predicted octanol–water partition coefficient (Wildman–Crippen LogP) is 3.20. The third-order valence-corrected chi connectivity index (χ3v) is 4.85. The lowest BCUT2D eigenvalue weighted by molar-refractivity contribution is -0.263. The van der Waals surface area contributed by atoms with Gasteiger partial charge in [0, 0.05) is 39.1 Å². The zero-order valence-electron chi connectivity index (χ0n) is 12.4. The average Bonchev–Trinajstić information content (AvgIpc) is 2.33. The summed E-state index contributed by atoms with van der Waals surface area (Å²) in [6.45, 7) is 3.72. The second kappa shape index (κ2) is 5.95. The summed E-state index contributed by atoms with van der Waals surface area (Å²) < 4.78 is 32.8. The second-order valence-corrected chi connectivity index (χ2v) is 6.26. The molecule has 1 aliphatic heterocycles. The van der Waals surface area contributed by atoms with Gasteiger partial charge in [0.1, 0.15) is 0 Å². The van der Waals surface area contributed by atoms with Crippen LogP contribution in [0.2, 0.25) is 0 Å². The third kappa shape index (κ3) is 2.96. The molecule has 0 aromatic carbocycles. The van der Waals surface area contributed by atoms with Crippen LogP contribution in [0.1, 0.15) is 46.0 Å². The molecule has 0 aromatic rings. The topological polar surface area (TPSA) is 36.3 Å².